The van der Waals surface area contributed by atoms with Crippen LogP contribution in [0.25, 0.3) is 0 Å². The summed E-state index contributed by atoms with van der Waals surface area (Å²) in [7, 11) is 0. The van der Waals surface area contributed by atoms with Crippen LogP contribution < -0.4 is 11.3 Å². The van der Waals surface area contributed by atoms with Gasteiger partial charge in [-0.05, 0) is 17.6 Å². The van der Waals surface area contributed by atoms with Gasteiger partial charge in [-0.15, -0.1) is 0 Å². The number of hydrogen-bond acceptors (Lipinski definition) is 4. The first-order valence-corrected chi connectivity index (χ1v) is 4.13. The van der Waals surface area contributed by atoms with Crippen LogP contribution in [0.3, 0.4) is 0 Å². The Morgan fingerprint density at radius 2 is 2.42 bits per heavy atom. The van der Waals surface area contributed by atoms with Crippen LogP contribution in [0.5, 0.6) is 0 Å². The Bertz CT molecular complexity index is 231. The van der Waals surface area contributed by atoms with Gasteiger partial charge in [0.1, 0.15) is 6.04 Å². The number of halogens is 2. The van der Waals surface area contributed by atoms with Crippen LogP contribution in [0, 0.1) is 0 Å². The number of nitrogens with zero attached hydrogens (tertiary/aromatic N) is 1. The molecule has 0 aliphatic carbocycles. The van der Waals surface area contributed by atoms with Gasteiger partial charge < -0.3 is 0 Å². The van der Waals surface area contributed by atoms with Gasteiger partial charge in [-0.2, -0.15) is 4.37 Å². The summed E-state index contributed by atoms with van der Waals surface area (Å²) in [5.41, 5.74) is 2.31. The maximum absolute atomic E-state index is 12.8. The van der Waals surface area contributed by atoms with Crippen LogP contribution in [-0.4, -0.2) is 10.3 Å². The summed E-state index contributed by atoms with van der Waals surface area (Å²) in [5, 5.41) is 1.63. The summed E-state index contributed by atoms with van der Waals surface area (Å²) >= 11 is 1.12. The van der Waals surface area contributed by atoms with Crippen molar-refractivity contribution in [2.75, 3.05) is 0 Å². The molecule has 0 saturated carbocycles. The van der Waals surface area contributed by atoms with E-state index in [-0.39, 0.29) is 5.69 Å². The Kier molecular flexibility index (Phi) is 2.71. The van der Waals surface area contributed by atoms with Gasteiger partial charge in [0.2, 0.25) is 0 Å². The predicted molar refractivity (Wildman–Crippen MR) is 42.8 cm³/mol. The average molecular weight is 193 g/mol. The van der Waals surface area contributed by atoms with Crippen molar-refractivity contribution in [3.05, 3.63) is 17.1 Å². The summed E-state index contributed by atoms with van der Waals surface area (Å²) in [6.45, 7) is 0.802. The zero-order valence-corrected chi connectivity index (χ0v) is 7.24. The van der Waals surface area contributed by atoms with Crippen LogP contribution in [0.15, 0.2) is 11.4 Å². The fraction of sp³-hybridized carbons (Fsp3) is 0.500. The normalized spacial score (nSPS) is 14.7. The molecule has 0 bridgehead atoms. The molecular weight excluding hydrogens is 184 g/mol. The van der Waals surface area contributed by atoms with Gasteiger partial charge in [-0.25, -0.2) is 14.2 Å². The van der Waals surface area contributed by atoms with Gasteiger partial charge in [0.25, 0.3) is 5.92 Å². The molecule has 1 unspecified atom stereocenters. The van der Waals surface area contributed by atoms with Crippen molar-refractivity contribution in [1.29, 1.82) is 0 Å². The summed E-state index contributed by atoms with van der Waals surface area (Å²) in [5.74, 6) is 2.08. The van der Waals surface area contributed by atoms with Gasteiger partial charge in [-0.3, -0.25) is 5.84 Å². The highest BCUT2D eigenvalue weighted by Crippen LogP contribution is 2.29. The number of aromatic nitrogens is 1. The van der Waals surface area contributed by atoms with Crippen LogP contribution >= 0.6 is 11.5 Å². The third kappa shape index (κ3) is 1.96. The molecule has 0 fully saturated rings. The molecule has 0 spiro atoms. The molecule has 3 N–H and O–H groups in total. The smallest absolute Gasteiger partial charge is 0.267 e. The third-order valence-corrected chi connectivity index (χ3v) is 2.00. The zero-order chi connectivity index (χ0) is 9.19. The number of hydrogen-bond donors (Lipinski definition) is 2. The molecule has 0 aliphatic rings. The number of alkyl halides is 2. The minimum absolute atomic E-state index is 0.273. The first kappa shape index (κ1) is 9.50. The number of rotatable bonds is 3. The summed E-state index contributed by atoms with van der Waals surface area (Å²) in [4.78, 5) is 0. The monoisotopic (exact) mass is 193 g/mol. The third-order valence-electron chi connectivity index (χ3n) is 1.43. The number of nitrogens with two attached hydrogens (primary N) is 1. The van der Waals surface area contributed by atoms with Crippen molar-refractivity contribution < 1.29 is 8.78 Å². The molecule has 3 nitrogen and oxygen atoms in total. The van der Waals surface area contributed by atoms with Crippen LogP contribution in [0.1, 0.15) is 18.7 Å². The fourth-order valence-corrected chi connectivity index (χ4v) is 1.41. The number of nitrogens with one attached hydrogen (secondary N) is 1. The van der Waals surface area contributed by atoms with Crippen LogP contribution in [0.4, 0.5) is 8.78 Å². The quantitative estimate of drug-likeness (QED) is 0.562. The Labute approximate surface area is 72.7 Å². The molecule has 1 aromatic heterocycles. The molecule has 1 atom stereocenters. The van der Waals surface area contributed by atoms with Crippen molar-refractivity contribution in [1.82, 2.24) is 9.80 Å². The largest absolute Gasteiger partial charge is 0.271 e. The molecule has 6 heteroatoms. The Morgan fingerprint density at radius 1 is 1.75 bits per heavy atom. The van der Waals surface area contributed by atoms with Crippen molar-refractivity contribution >= 4 is 11.5 Å². The highest BCUT2D eigenvalue weighted by molar-refractivity contribution is 7.03. The second-order valence-electron chi connectivity index (χ2n) is 2.48. The minimum Gasteiger partial charge on any atom is -0.271 e. The van der Waals surface area contributed by atoms with Gasteiger partial charge in [-0.1, -0.05) is 0 Å². The van der Waals surface area contributed by atoms with Crippen LogP contribution in [0.2, 0.25) is 0 Å². The van der Waals surface area contributed by atoms with Crippen molar-refractivity contribution in [3.63, 3.8) is 0 Å². The molecule has 68 valence electrons. The lowest BCUT2D eigenvalue weighted by Crippen LogP contribution is -2.39. The lowest BCUT2D eigenvalue weighted by Gasteiger charge is -2.20. The lowest BCUT2D eigenvalue weighted by molar-refractivity contribution is -0.0205. The van der Waals surface area contributed by atoms with Gasteiger partial charge >= 0.3 is 0 Å². The maximum atomic E-state index is 12.8. The fourth-order valence-electron chi connectivity index (χ4n) is 0.862. The summed E-state index contributed by atoms with van der Waals surface area (Å²) in [6, 6.07) is 0.316. The van der Waals surface area contributed by atoms with E-state index in [1.807, 2.05) is 5.43 Å². The Hall–Kier alpha value is -0.590. The highest BCUT2D eigenvalue weighted by Gasteiger charge is 2.35. The van der Waals surface area contributed by atoms with E-state index in [4.69, 9.17) is 5.84 Å². The summed E-state index contributed by atoms with van der Waals surface area (Å²) < 4.78 is 29.3. The molecular formula is C6H9F2N3S. The lowest BCUT2D eigenvalue weighted by atomic mass is 10.1. The number of hydrazine groups is 1. The molecule has 1 aromatic rings. The molecule has 0 amide bonds. The zero-order valence-electron chi connectivity index (χ0n) is 6.42. The molecule has 12 heavy (non-hydrogen) atoms. The maximum Gasteiger partial charge on any atom is 0.267 e. The van der Waals surface area contributed by atoms with E-state index in [1.165, 1.54) is 6.07 Å². The van der Waals surface area contributed by atoms with E-state index in [1.54, 1.807) is 5.38 Å². The highest BCUT2D eigenvalue weighted by atomic mass is 32.1. The first-order valence-electron chi connectivity index (χ1n) is 3.30. The van der Waals surface area contributed by atoms with E-state index >= 15 is 0 Å². The van der Waals surface area contributed by atoms with E-state index in [0.29, 0.717) is 0 Å². The van der Waals surface area contributed by atoms with Crippen LogP contribution in [-0.2, 0) is 0 Å². The van der Waals surface area contributed by atoms with E-state index < -0.39 is 12.0 Å². The molecule has 0 radical (unpaired) electrons. The van der Waals surface area contributed by atoms with Crippen molar-refractivity contribution in [2.24, 2.45) is 5.84 Å². The molecule has 1 rings (SSSR count). The minimum atomic E-state index is -2.90. The van der Waals surface area contributed by atoms with E-state index in [2.05, 4.69) is 4.37 Å². The Morgan fingerprint density at radius 3 is 2.75 bits per heavy atom. The van der Waals surface area contributed by atoms with E-state index in [0.717, 1.165) is 18.5 Å². The SMILES string of the molecule is CC(F)(F)C(NN)c1ccsn1. The van der Waals surface area contributed by atoms with Gasteiger partial charge in [0.15, 0.2) is 0 Å². The topological polar surface area (TPSA) is 50.9 Å². The average Bonchev–Trinajstić information content (AvgIpc) is 2.38. The predicted octanol–water partition coefficient (Wildman–Crippen LogP) is 1.30. The second kappa shape index (κ2) is 3.42. The first-order chi connectivity index (χ1) is 5.55. The molecule has 1 heterocycles. The molecule has 0 aliphatic heterocycles. The Balaban J connectivity index is 2.84. The summed E-state index contributed by atoms with van der Waals surface area (Å²) in [6.07, 6.45) is 0. The van der Waals surface area contributed by atoms with Gasteiger partial charge in [0, 0.05) is 12.3 Å². The van der Waals surface area contributed by atoms with Crippen molar-refractivity contribution in [2.45, 2.75) is 18.9 Å². The standard InChI is InChI=1S/C6H9F2N3S/c1-6(7,8)5(10-9)4-2-3-12-11-4/h2-3,5,10H,9H2,1H3. The molecule has 0 aromatic carbocycles. The van der Waals surface area contributed by atoms with Gasteiger partial charge in [0.05, 0.1) is 5.69 Å². The molecule has 0 saturated heterocycles. The van der Waals surface area contributed by atoms with E-state index in [9.17, 15) is 8.78 Å². The van der Waals surface area contributed by atoms with Crippen molar-refractivity contribution in [3.8, 4) is 0 Å². The second-order valence-corrected chi connectivity index (χ2v) is 3.15.